The number of esters is 1. The minimum Gasteiger partial charge on any atom is -0.460 e. The van der Waals surface area contributed by atoms with E-state index in [0.29, 0.717) is 12.8 Å². The van der Waals surface area contributed by atoms with Crippen LogP contribution in [0.25, 0.3) is 0 Å². The molecule has 1 saturated carbocycles. The highest BCUT2D eigenvalue weighted by molar-refractivity contribution is 7.92. The Morgan fingerprint density at radius 2 is 1.79 bits per heavy atom. The molecule has 0 saturated heterocycles. The molecule has 102 valence electrons. The first-order chi connectivity index (χ1) is 8.96. The average molecular weight is 282 g/mol. The minimum absolute atomic E-state index is 0.124. The summed E-state index contributed by atoms with van der Waals surface area (Å²) in [6.45, 7) is 1.73. The molecule has 5 nitrogen and oxygen atoms in total. The van der Waals surface area contributed by atoms with Gasteiger partial charge >= 0.3 is 5.97 Å². The highest BCUT2D eigenvalue weighted by Crippen LogP contribution is 2.33. The first kappa shape index (κ1) is 13.7. The lowest BCUT2D eigenvalue weighted by molar-refractivity contribution is -0.137. The van der Waals surface area contributed by atoms with Crippen LogP contribution in [0.15, 0.2) is 29.2 Å². The summed E-state index contributed by atoms with van der Waals surface area (Å²) >= 11 is 0. The number of Topliss-reactive ketones (excluding diaryl/α,β-unsaturated/α-hetero) is 1. The fraction of sp³-hybridized carbons (Fsp3) is 0.385. The van der Waals surface area contributed by atoms with E-state index in [4.69, 9.17) is 0 Å². The van der Waals surface area contributed by atoms with Crippen LogP contribution >= 0.6 is 0 Å². The number of carbonyl (C=O) groups excluding carboxylic acids is 2. The zero-order valence-electron chi connectivity index (χ0n) is 10.5. The Morgan fingerprint density at radius 1 is 1.21 bits per heavy atom. The van der Waals surface area contributed by atoms with Crippen LogP contribution in [0.2, 0.25) is 0 Å². The van der Waals surface area contributed by atoms with Crippen molar-refractivity contribution in [1.29, 1.82) is 0 Å². The molecule has 0 unspecified atom stereocenters. The Hall–Kier alpha value is -1.69. The molecule has 0 bridgehead atoms. The summed E-state index contributed by atoms with van der Waals surface area (Å²) in [5.41, 5.74) is 0.133. The van der Waals surface area contributed by atoms with Crippen molar-refractivity contribution >= 4 is 21.6 Å². The van der Waals surface area contributed by atoms with Gasteiger partial charge in [0, 0.05) is 5.56 Å². The summed E-state index contributed by atoms with van der Waals surface area (Å²) < 4.78 is 28.5. The lowest BCUT2D eigenvalue weighted by Gasteiger charge is -2.04. The van der Waals surface area contributed by atoms with Gasteiger partial charge in [-0.3, -0.25) is 4.79 Å². The molecule has 0 atom stereocenters. The molecule has 1 fully saturated rings. The summed E-state index contributed by atoms with van der Waals surface area (Å²) in [6, 6.07) is 5.41. The van der Waals surface area contributed by atoms with Crippen LogP contribution in [0, 0.1) is 0 Å². The SMILES string of the molecule is CCOC(=O)C(=O)c1ccc(S(=O)(=O)C2CC2)cc1. The van der Waals surface area contributed by atoms with Gasteiger partial charge in [0.15, 0.2) is 9.84 Å². The van der Waals surface area contributed by atoms with Gasteiger partial charge in [-0.2, -0.15) is 0 Å². The Balaban J connectivity index is 2.19. The van der Waals surface area contributed by atoms with Crippen LogP contribution < -0.4 is 0 Å². The van der Waals surface area contributed by atoms with E-state index in [1.54, 1.807) is 6.92 Å². The third-order valence-corrected chi connectivity index (χ3v) is 5.15. The predicted molar refractivity (Wildman–Crippen MR) is 67.6 cm³/mol. The van der Waals surface area contributed by atoms with Gasteiger partial charge in [0.2, 0.25) is 0 Å². The molecule has 2 rings (SSSR count). The fourth-order valence-corrected chi connectivity index (χ4v) is 3.34. The van der Waals surface area contributed by atoms with Gasteiger partial charge in [0.1, 0.15) is 0 Å². The number of carbonyl (C=O) groups is 2. The van der Waals surface area contributed by atoms with E-state index in [1.165, 1.54) is 24.3 Å². The van der Waals surface area contributed by atoms with E-state index in [2.05, 4.69) is 4.74 Å². The molecule has 0 heterocycles. The minimum atomic E-state index is -3.27. The number of hydrogen-bond donors (Lipinski definition) is 0. The number of benzene rings is 1. The Bertz CT molecular complexity index is 596. The zero-order chi connectivity index (χ0) is 14.0. The molecular weight excluding hydrogens is 268 g/mol. The van der Waals surface area contributed by atoms with Crippen LogP contribution in [-0.2, 0) is 19.4 Å². The summed E-state index contributed by atoms with van der Waals surface area (Å²) in [5, 5.41) is -0.292. The number of ether oxygens (including phenoxy) is 1. The third-order valence-electron chi connectivity index (χ3n) is 2.87. The van der Waals surface area contributed by atoms with Crippen molar-refractivity contribution in [1.82, 2.24) is 0 Å². The molecule has 1 aliphatic rings. The predicted octanol–water partition coefficient (Wildman–Crippen LogP) is 1.37. The standard InChI is InChI=1S/C13H14O5S/c1-2-18-13(15)12(14)9-3-5-10(6-4-9)19(16,17)11-7-8-11/h3-6,11H,2,7-8H2,1H3. The maximum atomic E-state index is 11.9. The molecule has 0 radical (unpaired) electrons. The van der Waals surface area contributed by atoms with Crippen molar-refractivity contribution in [3.63, 3.8) is 0 Å². The van der Waals surface area contributed by atoms with Gasteiger partial charge in [-0.05, 0) is 44.0 Å². The van der Waals surface area contributed by atoms with E-state index < -0.39 is 21.6 Å². The summed E-state index contributed by atoms with van der Waals surface area (Å²) in [6.07, 6.45) is 1.37. The van der Waals surface area contributed by atoms with Gasteiger partial charge in [0.25, 0.3) is 5.78 Å². The van der Waals surface area contributed by atoms with Crippen molar-refractivity contribution in [3.8, 4) is 0 Å². The fourth-order valence-electron chi connectivity index (χ4n) is 1.68. The van der Waals surface area contributed by atoms with E-state index in [9.17, 15) is 18.0 Å². The molecular formula is C13H14O5S. The first-order valence-electron chi connectivity index (χ1n) is 6.02. The molecule has 0 spiro atoms. The topological polar surface area (TPSA) is 77.5 Å². The lowest BCUT2D eigenvalue weighted by atomic mass is 10.1. The third kappa shape index (κ3) is 2.84. The molecule has 1 aliphatic carbocycles. The van der Waals surface area contributed by atoms with E-state index in [0.717, 1.165) is 0 Å². The average Bonchev–Trinajstić information content (AvgIpc) is 3.23. The number of hydrogen-bond acceptors (Lipinski definition) is 5. The number of rotatable bonds is 5. The van der Waals surface area contributed by atoms with Crippen molar-refractivity contribution in [2.24, 2.45) is 0 Å². The smallest absolute Gasteiger partial charge is 0.379 e. The van der Waals surface area contributed by atoms with Gasteiger partial charge in [-0.15, -0.1) is 0 Å². The van der Waals surface area contributed by atoms with E-state index >= 15 is 0 Å². The van der Waals surface area contributed by atoms with Gasteiger partial charge in [0.05, 0.1) is 16.8 Å². The maximum absolute atomic E-state index is 11.9. The normalized spacial score (nSPS) is 15.0. The largest absolute Gasteiger partial charge is 0.460 e. The number of ketones is 1. The maximum Gasteiger partial charge on any atom is 0.379 e. The molecule has 0 amide bonds. The lowest BCUT2D eigenvalue weighted by Crippen LogP contribution is -2.17. The van der Waals surface area contributed by atoms with Crippen LogP contribution in [0.3, 0.4) is 0 Å². The van der Waals surface area contributed by atoms with Crippen molar-refractivity contribution in [3.05, 3.63) is 29.8 Å². The molecule has 0 aliphatic heterocycles. The monoisotopic (exact) mass is 282 g/mol. The van der Waals surface area contributed by atoms with Gasteiger partial charge in [-0.1, -0.05) is 0 Å². The van der Waals surface area contributed by atoms with Crippen LogP contribution in [0.1, 0.15) is 30.1 Å². The van der Waals surface area contributed by atoms with Crippen molar-refractivity contribution < 1.29 is 22.7 Å². The van der Waals surface area contributed by atoms with Crippen LogP contribution in [0.5, 0.6) is 0 Å². The second-order valence-corrected chi connectivity index (χ2v) is 6.55. The Labute approximate surface area is 111 Å². The van der Waals surface area contributed by atoms with Crippen LogP contribution in [-0.4, -0.2) is 32.0 Å². The summed E-state index contributed by atoms with van der Waals surface area (Å²) in [7, 11) is -3.27. The molecule has 1 aromatic rings. The highest BCUT2D eigenvalue weighted by Gasteiger charge is 2.36. The quantitative estimate of drug-likeness (QED) is 0.463. The van der Waals surface area contributed by atoms with Gasteiger partial charge < -0.3 is 4.74 Å². The van der Waals surface area contributed by atoms with E-state index in [1.807, 2.05) is 0 Å². The molecule has 0 N–H and O–H groups in total. The van der Waals surface area contributed by atoms with E-state index in [-0.39, 0.29) is 22.3 Å². The molecule has 6 heteroatoms. The summed E-state index contributed by atoms with van der Waals surface area (Å²) in [4.78, 5) is 23.1. The summed E-state index contributed by atoms with van der Waals surface area (Å²) in [5.74, 6) is -1.70. The Morgan fingerprint density at radius 3 is 2.26 bits per heavy atom. The second-order valence-electron chi connectivity index (χ2n) is 4.32. The molecule has 19 heavy (non-hydrogen) atoms. The van der Waals surface area contributed by atoms with Crippen LogP contribution in [0.4, 0.5) is 0 Å². The Kier molecular flexibility index (Phi) is 3.71. The van der Waals surface area contributed by atoms with Crippen molar-refractivity contribution in [2.75, 3.05) is 6.61 Å². The van der Waals surface area contributed by atoms with Gasteiger partial charge in [-0.25, -0.2) is 13.2 Å². The number of sulfone groups is 1. The first-order valence-corrected chi connectivity index (χ1v) is 7.57. The molecule has 1 aromatic carbocycles. The molecule has 0 aromatic heterocycles. The zero-order valence-corrected chi connectivity index (χ0v) is 11.3. The second kappa shape index (κ2) is 5.13. The highest BCUT2D eigenvalue weighted by atomic mass is 32.2. The van der Waals surface area contributed by atoms with Crippen molar-refractivity contribution in [2.45, 2.75) is 29.9 Å².